The molecule has 0 aromatic rings. The molecular weight excluding hydrogens is 216 g/mol. The molecule has 0 aromatic heterocycles. The number of carbonyl (C=O) groups is 1. The number of hydrogen-bond donors (Lipinski definition) is 2. The Morgan fingerprint density at radius 1 is 1.35 bits per heavy atom. The summed E-state index contributed by atoms with van der Waals surface area (Å²) in [6, 6.07) is 0. The summed E-state index contributed by atoms with van der Waals surface area (Å²) in [5, 5.41) is 3.04. The summed E-state index contributed by atoms with van der Waals surface area (Å²) in [5.74, 6) is 0.0988. The van der Waals surface area contributed by atoms with E-state index in [0.29, 0.717) is 31.6 Å². The first-order valence-corrected chi connectivity index (χ1v) is 6.77. The third-order valence-electron chi connectivity index (χ3n) is 3.81. The van der Waals surface area contributed by atoms with Gasteiger partial charge in [-0.25, -0.2) is 0 Å². The smallest absolute Gasteiger partial charge is 0.222 e. The van der Waals surface area contributed by atoms with Gasteiger partial charge in [-0.1, -0.05) is 19.8 Å². The lowest BCUT2D eigenvalue weighted by Gasteiger charge is -2.27. The van der Waals surface area contributed by atoms with E-state index in [1.165, 1.54) is 25.7 Å². The molecule has 0 saturated heterocycles. The molecule has 1 fully saturated rings. The summed E-state index contributed by atoms with van der Waals surface area (Å²) in [5.41, 5.74) is 5.67. The van der Waals surface area contributed by atoms with Crippen molar-refractivity contribution in [2.24, 2.45) is 11.1 Å². The van der Waals surface area contributed by atoms with Crippen LogP contribution in [0.15, 0.2) is 0 Å². The topological polar surface area (TPSA) is 64.3 Å². The zero-order chi connectivity index (χ0) is 12.6. The van der Waals surface area contributed by atoms with Crippen LogP contribution in [0.4, 0.5) is 0 Å². The number of nitrogens with one attached hydrogen (secondary N) is 1. The highest BCUT2D eigenvalue weighted by molar-refractivity contribution is 5.76. The van der Waals surface area contributed by atoms with E-state index in [-0.39, 0.29) is 5.91 Å². The molecule has 100 valence electrons. The molecular formula is C13H26N2O2. The van der Waals surface area contributed by atoms with E-state index < -0.39 is 0 Å². The lowest BCUT2D eigenvalue weighted by molar-refractivity contribution is -0.122. The van der Waals surface area contributed by atoms with E-state index in [1.807, 2.05) is 0 Å². The van der Waals surface area contributed by atoms with Crippen LogP contribution in [0.2, 0.25) is 0 Å². The summed E-state index contributed by atoms with van der Waals surface area (Å²) in [4.78, 5) is 11.6. The Morgan fingerprint density at radius 3 is 2.65 bits per heavy atom. The van der Waals surface area contributed by atoms with Crippen molar-refractivity contribution in [3.05, 3.63) is 0 Å². The maximum Gasteiger partial charge on any atom is 0.222 e. The van der Waals surface area contributed by atoms with Gasteiger partial charge >= 0.3 is 0 Å². The Balaban J connectivity index is 2.14. The third kappa shape index (κ3) is 5.04. The number of hydrogen-bond acceptors (Lipinski definition) is 3. The van der Waals surface area contributed by atoms with Crippen LogP contribution in [0, 0.1) is 5.41 Å². The minimum absolute atomic E-state index is 0.0988. The second kappa shape index (κ2) is 7.67. The fraction of sp³-hybridized carbons (Fsp3) is 0.923. The molecule has 0 spiro atoms. The summed E-state index contributed by atoms with van der Waals surface area (Å²) < 4.78 is 5.19. The molecule has 4 nitrogen and oxygen atoms in total. The van der Waals surface area contributed by atoms with Gasteiger partial charge in [0.2, 0.25) is 5.91 Å². The molecule has 0 unspecified atom stereocenters. The molecule has 0 aromatic carbocycles. The normalized spacial score (nSPS) is 18.2. The number of nitrogens with two attached hydrogens (primary N) is 1. The Labute approximate surface area is 104 Å². The van der Waals surface area contributed by atoms with Crippen molar-refractivity contribution in [2.75, 3.05) is 26.3 Å². The predicted molar refractivity (Wildman–Crippen MR) is 68.7 cm³/mol. The molecule has 4 heteroatoms. The molecule has 1 rings (SSSR count). The van der Waals surface area contributed by atoms with E-state index in [2.05, 4.69) is 12.2 Å². The molecule has 1 aliphatic rings. The fourth-order valence-electron chi connectivity index (χ4n) is 2.51. The molecule has 1 saturated carbocycles. The molecule has 3 N–H and O–H groups in total. The first-order valence-electron chi connectivity index (χ1n) is 6.77. The highest BCUT2D eigenvalue weighted by Crippen LogP contribution is 2.40. The van der Waals surface area contributed by atoms with E-state index in [1.54, 1.807) is 0 Å². The molecule has 0 heterocycles. The first kappa shape index (κ1) is 14.5. The van der Waals surface area contributed by atoms with Crippen molar-refractivity contribution >= 4 is 5.91 Å². The van der Waals surface area contributed by atoms with E-state index in [9.17, 15) is 4.79 Å². The van der Waals surface area contributed by atoms with Crippen molar-refractivity contribution in [1.29, 1.82) is 0 Å². The van der Waals surface area contributed by atoms with Gasteiger partial charge in [-0.15, -0.1) is 0 Å². The molecule has 0 bridgehead atoms. The first-order chi connectivity index (χ1) is 8.22. The monoisotopic (exact) mass is 242 g/mol. The molecule has 1 amide bonds. The second-order valence-electron chi connectivity index (χ2n) is 4.99. The molecule has 1 aliphatic carbocycles. The zero-order valence-corrected chi connectivity index (χ0v) is 11.0. The Hall–Kier alpha value is -0.610. The van der Waals surface area contributed by atoms with Crippen LogP contribution in [0.3, 0.4) is 0 Å². The third-order valence-corrected chi connectivity index (χ3v) is 3.81. The highest BCUT2D eigenvalue weighted by atomic mass is 16.5. The summed E-state index contributed by atoms with van der Waals surface area (Å²) in [6.07, 6.45) is 6.74. The second-order valence-corrected chi connectivity index (χ2v) is 4.99. The van der Waals surface area contributed by atoms with Crippen LogP contribution in [0.25, 0.3) is 0 Å². The number of ether oxygens (including phenoxy) is 1. The van der Waals surface area contributed by atoms with Crippen molar-refractivity contribution < 1.29 is 9.53 Å². The minimum atomic E-state index is 0.0988. The van der Waals surface area contributed by atoms with E-state index in [0.717, 1.165) is 13.0 Å². The highest BCUT2D eigenvalue weighted by Gasteiger charge is 2.31. The quantitative estimate of drug-likeness (QED) is 0.633. The minimum Gasteiger partial charge on any atom is -0.380 e. The summed E-state index contributed by atoms with van der Waals surface area (Å²) in [6.45, 7) is 4.58. The van der Waals surface area contributed by atoms with Gasteiger partial charge in [0.1, 0.15) is 0 Å². The standard InChI is InChI=1S/C13H26N2O2/c1-2-13(6-3-4-7-13)11-15-12(16)5-9-17-10-8-14/h2-11,14H2,1H3,(H,15,16). The predicted octanol–water partition coefficient (Wildman–Crippen LogP) is 1.44. The van der Waals surface area contributed by atoms with Crippen LogP contribution in [-0.2, 0) is 9.53 Å². The fourth-order valence-corrected chi connectivity index (χ4v) is 2.51. The van der Waals surface area contributed by atoms with Crippen molar-refractivity contribution in [2.45, 2.75) is 45.4 Å². The van der Waals surface area contributed by atoms with Crippen molar-refractivity contribution in [3.8, 4) is 0 Å². The van der Waals surface area contributed by atoms with Crippen LogP contribution >= 0.6 is 0 Å². The van der Waals surface area contributed by atoms with Crippen molar-refractivity contribution in [1.82, 2.24) is 5.32 Å². The molecule has 0 aliphatic heterocycles. The van der Waals surface area contributed by atoms with Crippen molar-refractivity contribution in [3.63, 3.8) is 0 Å². The maximum absolute atomic E-state index is 11.6. The van der Waals surface area contributed by atoms with E-state index >= 15 is 0 Å². The van der Waals surface area contributed by atoms with Gasteiger partial charge in [-0.05, 0) is 24.7 Å². The Bertz CT molecular complexity index is 225. The van der Waals surface area contributed by atoms with E-state index in [4.69, 9.17) is 10.5 Å². The SMILES string of the molecule is CCC1(CNC(=O)CCOCCN)CCCC1. The molecule has 0 radical (unpaired) electrons. The lowest BCUT2D eigenvalue weighted by atomic mass is 9.83. The number of carbonyl (C=O) groups excluding carboxylic acids is 1. The molecule has 0 atom stereocenters. The average Bonchev–Trinajstić information content (AvgIpc) is 2.82. The van der Waals surface area contributed by atoms with Crippen LogP contribution in [0.5, 0.6) is 0 Å². The largest absolute Gasteiger partial charge is 0.380 e. The number of amides is 1. The van der Waals surface area contributed by atoms with Gasteiger partial charge in [0, 0.05) is 19.5 Å². The average molecular weight is 242 g/mol. The van der Waals surface area contributed by atoms with Gasteiger partial charge in [0.25, 0.3) is 0 Å². The van der Waals surface area contributed by atoms with Crippen LogP contribution in [0.1, 0.15) is 45.4 Å². The zero-order valence-electron chi connectivity index (χ0n) is 11.0. The maximum atomic E-state index is 11.6. The summed E-state index contributed by atoms with van der Waals surface area (Å²) >= 11 is 0. The van der Waals surface area contributed by atoms with Gasteiger partial charge in [0.15, 0.2) is 0 Å². The van der Waals surface area contributed by atoms with Gasteiger partial charge in [0.05, 0.1) is 13.2 Å². The van der Waals surface area contributed by atoms with Crippen LogP contribution < -0.4 is 11.1 Å². The van der Waals surface area contributed by atoms with Gasteiger partial charge in [-0.2, -0.15) is 0 Å². The van der Waals surface area contributed by atoms with Gasteiger partial charge < -0.3 is 15.8 Å². The van der Waals surface area contributed by atoms with Crippen LogP contribution in [-0.4, -0.2) is 32.2 Å². The molecule has 17 heavy (non-hydrogen) atoms. The Morgan fingerprint density at radius 2 is 2.06 bits per heavy atom. The Kier molecular flexibility index (Phi) is 6.52. The van der Waals surface area contributed by atoms with Gasteiger partial charge in [-0.3, -0.25) is 4.79 Å². The lowest BCUT2D eigenvalue weighted by Crippen LogP contribution is -2.36. The summed E-state index contributed by atoms with van der Waals surface area (Å²) in [7, 11) is 0. The number of rotatable bonds is 8.